The van der Waals surface area contributed by atoms with Crippen LogP contribution in [0.2, 0.25) is 0 Å². The maximum atomic E-state index is 13.0. The Morgan fingerprint density at radius 1 is 1.36 bits per heavy atom. The number of benzene rings is 1. The molecule has 1 saturated heterocycles. The lowest BCUT2D eigenvalue weighted by molar-refractivity contribution is -0.162. The van der Waals surface area contributed by atoms with E-state index in [-0.39, 0.29) is 24.0 Å². The highest BCUT2D eigenvalue weighted by Gasteiger charge is 2.41. The van der Waals surface area contributed by atoms with E-state index in [1.54, 1.807) is 11.9 Å². The summed E-state index contributed by atoms with van der Waals surface area (Å²) in [5.74, 6) is 0.191. The summed E-state index contributed by atoms with van der Waals surface area (Å²) in [6, 6.07) is 7.40. The number of amides is 2. The molecule has 1 aromatic rings. The zero-order valence-electron chi connectivity index (χ0n) is 16.1. The van der Waals surface area contributed by atoms with Crippen molar-refractivity contribution in [2.24, 2.45) is 5.92 Å². The lowest BCUT2D eigenvalue weighted by atomic mass is 9.90. The van der Waals surface area contributed by atoms with E-state index in [0.29, 0.717) is 5.92 Å². The molecule has 1 fully saturated rings. The van der Waals surface area contributed by atoms with Crippen molar-refractivity contribution in [1.82, 2.24) is 10.2 Å². The fourth-order valence-electron chi connectivity index (χ4n) is 3.70. The highest BCUT2D eigenvalue weighted by atomic mass is 16.5. The highest BCUT2D eigenvalue weighted by Crippen LogP contribution is 2.31. The number of nitrogens with one attached hydrogen (secondary N) is 1. The van der Waals surface area contributed by atoms with Gasteiger partial charge in [-0.1, -0.05) is 38.1 Å². The van der Waals surface area contributed by atoms with E-state index in [2.05, 4.69) is 19.2 Å². The Morgan fingerprint density at radius 2 is 2.00 bits per heavy atom. The first-order chi connectivity index (χ1) is 11.6. The first kappa shape index (κ1) is 19.4. The van der Waals surface area contributed by atoms with Gasteiger partial charge >= 0.3 is 0 Å². The van der Waals surface area contributed by atoms with Crippen LogP contribution in [0.15, 0.2) is 24.3 Å². The number of ether oxygens (including phenoxy) is 1. The quantitative estimate of drug-likeness (QED) is 0.892. The number of nitrogens with zero attached hydrogens (tertiary/aromatic N) is 1. The average Bonchev–Trinajstić information content (AvgIpc) is 2.48. The standard InChI is InChI=1S/C20H30N2O3/c1-13(2)11-20(4,5)21-19(24)18-17(22(6)16(23)12-25-18)15-10-8-7-9-14(15)3/h7-10,13,17-18H,11-12H2,1-6H3,(H,21,24)/t17-,18+/m1/s1. The number of likely N-dealkylation sites (N-methyl/N-ethyl adjacent to an activating group) is 1. The lowest BCUT2D eigenvalue weighted by Gasteiger charge is -2.40. The Bertz CT molecular complexity index is 640. The third-order valence-electron chi connectivity index (χ3n) is 4.63. The summed E-state index contributed by atoms with van der Waals surface area (Å²) in [6.07, 6.45) is 0.158. The summed E-state index contributed by atoms with van der Waals surface area (Å²) in [6.45, 7) is 10.2. The van der Waals surface area contributed by atoms with Gasteiger partial charge in [-0.25, -0.2) is 0 Å². The fraction of sp³-hybridized carbons (Fsp3) is 0.600. The predicted octanol–water partition coefficient (Wildman–Crippen LogP) is 2.83. The summed E-state index contributed by atoms with van der Waals surface area (Å²) in [5, 5.41) is 3.11. The van der Waals surface area contributed by atoms with Crippen molar-refractivity contribution in [2.75, 3.05) is 13.7 Å². The van der Waals surface area contributed by atoms with Gasteiger partial charge in [-0.3, -0.25) is 9.59 Å². The van der Waals surface area contributed by atoms with Gasteiger partial charge < -0.3 is 15.0 Å². The number of rotatable bonds is 5. The highest BCUT2D eigenvalue weighted by molar-refractivity contribution is 5.86. The van der Waals surface area contributed by atoms with Crippen LogP contribution in [0.1, 0.15) is 51.3 Å². The normalized spacial score (nSPS) is 21.6. The molecule has 5 nitrogen and oxygen atoms in total. The number of carbonyl (C=O) groups is 2. The second kappa shape index (κ2) is 7.56. The molecule has 25 heavy (non-hydrogen) atoms. The van der Waals surface area contributed by atoms with Crippen molar-refractivity contribution in [3.8, 4) is 0 Å². The molecule has 1 aliphatic rings. The van der Waals surface area contributed by atoms with Crippen LogP contribution in [0.3, 0.4) is 0 Å². The van der Waals surface area contributed by atoms with Gasteiger partial charge in [0, 0.05) is 12.6 Å². The monoisotopic (exact) mass is 346 g/mol. The van der Waals surface area contributed by atoms with E-state index in [0.717, 1.165) is 17.5 Å². The first-order valence-corrected chi connectivity index (χ1v) is 8.87. The van der Waals surface area contributed by atoms with E-state index in [4.69, 9.17) is 4.74 Å². The molecule has 1 N–H and O–H groups in total. The van der Waals surface area contributed by atoms with Gasteiger partial charge in [-0.05, 0) is 44.2 Å². The van der Waals surface area contributed by atoms with E-state index in [1.807, 2.05) is 45.0 Å². The summed E-state index contributed by atoms with van der Waals surface area (Å²) in [5.41, 5.74) is 1.65. The number of aryl methyl sites for hydroxylation is 1. The number of morpholine rings is 1. The summed E-state index contributed by atoms with van der Waals surface area (Å²) in [7, 11) is 1.74. The zero-order valence-corrected chi connectivity index (χ0v) is 16.1. The Hall–Kier alpha value is -1.88. The van der Waals surface area contributed by atoms with Gasteiger partial charge in [-0.2, -0.15) is 0 Å². The molecule has 0 radical (unpaired) electrons. The molecule has 0 saturated carbocycles. The maximum absolute atomic E-state index is 13.0. The molecular weight excluding hydrogens is 316 g/mol. The second-order valence-corrected chi connectivity index (χ2v) is 8.01. The molecule has 0 spiro atoms. The van der Waals surface area contributed by atoms with Crippen molar-refractivity contribution < 1.29 is 14.3 Å². The molecule has 0 aliphatic carbocycles. The van der Waals surface area contributed by atoms with Crippen molar-refractivity contribution in [1.29, 1.82) is 0 Å². The molecule has 138 valence electrons. The van der Waals surface area contributed by atoms with Crippen molar-refractivity contribution >= 4 is 11.8 Å². The molecule has 2 atom stereocenters. The molecule has 0 aromatic heterocycles. The first-order valence-electron chi connectivity index (χ1n) is 8.87. The average molecular weight is 346 g/mol. The van der Waals surface area contributed by atoms with E-state index in [9.17, 15) is 9.59 Å². The van der Waals surface area contributed by atoms with Gasteiger partial charge in [0.15, 0.2) is 6.10 Å². The molecular formula is C20H30N2O3. The third-order valence-corrected chi connectivity index (χ3v) is 4.63. The Kier molecular flexibility index (Phi) is 5.88. The molecule has 1 aliphatic heterocycles. The third kappa shape index (κ3) is 4.60. The Morgan fingerprint density at radius 3 is 2.60 bits per heavy atom. The van der Waals surface area contributed by atoms with Crippen molar-refractivity contribution in [2.45, 2.75) is 58.7 Å². The van der Waals surface area contributed by atoms with Crippen LogP contribution in [-0.2, 0) is 14.3 Å². The lowest BCUT2D eigenvalue weighted by Crippen LogP contribution is -2.56. The van der Waals surface area contributed by atoms with Gasteiger partial charge in [0.05, 0.1) is 6.04 Å². The van der Waals surface area contributed by atoms with E-state index in [1.165, 1.54) is 0 Å². The van der Waals surface area contributed by atoms with Crippen LogP contribution in [0.4, 0.5) is 0 Å². The zero-order chi connectivity index (χ0) is 18.8. The molecule has 0 unspecified atom stereocenters. The smallest absolute Gasteiger partial charge is 0.252 e. The van der Waals surface area contributed by atoms with E-state index < -0.39 is 12.1 Å². The topological polar surface area (TPSA) is 58.6 Å². The fourth-order valence-corrected chi connectivity index (χ4v) is 3.70. The molecule has 2 rings (SSSR count). The number of carbonyl (C=O) groups excluding carboxylic acids is 2. The van der Waals surface area contributed by atoms with Crippen LogP contribution >= 0.6 is 0 Å². The van der Waals surface area contributed by atoms with Gasteiger partial charge in [-0.15, -0.1) is 0 Å². The predicted molar refractivity (Wildman–Crippen MR) is 98.1 cm³/mol. The SMILES string of the molecule is Cc1ccccc1[C@@H]1[C@@H](C(=O)NC(C)(C)CC(C)C)OCC(=O)N1C. The molecule has 2 amide bonds. The minimum Gasteiger partial charge on any atom is -0.356 e. The minimum atomic E-state index is -0.713. The van der Waals surface area contributed by atoms with Gasteiger partial charge in [0.1, 0.15) is 6.61 Å². The maximum Gasteiger partial charge on any atom is 0.252 e. The molecule has 1 heterocycles. The second-order valence-electron chi connectivity index (χ2n) is 8.01. The van der Waals surface area contributed by atoms with Crippen LogP contribution in [-0.4, -0.2) is 42.0 Å². The summed E-state index contributed by atoms with van der Waals surface area (Å²) >= 11 is 0. The summed E-state index contributed by atoms with van der Waals surface area (Å²) < 4.78 is 5.69. The summed E-state index contributed by atoms with van der Waals surface area (Å²) in [4.78, 5) is 26.8. The number of hydrogen-bond acceptors (Lipinski definition) is 3. The van der Waals surface area contributed by atoms with Gasteiger partial charge in [0.2, 0.25) is 5.91 Å². The van der Waals surface area contributed by atoms with Crippen LogP contribution < -0.4 is 5.32 Å². The molecule has 0 bridgehead atoms. The van der Waals surface area contributed by atoms with Crippen LogP contribution in [0.5, 0.6) is 0 Å². The minimum absolute atomic E-state index is 0.0679. The molecule has 1 aromatic carbocycles. The van der Waals surface area contributed by atoms with E-state index >= 15 is 0 Å². The van der Waals surface area contributed by atoms with Crippen LogP contribution in [0.25, 0.3) is 0 Å². The van der Waals surface area contributed by atoms with Crippen molar-refractivity contribution in [3.63, 3.8) is 0 Å². The Balaban J connectivity index is 2.29. The van der Waals surface area contributed by atoms with Crippen LogP contribution in [0, 0.1) is 12.8 Å². The Labute approximate surface area is 150 Å². The largest absolute Gasteiger partial charge is 0.356 e. The number of hydrogen-bond donors (Lipinski definition) is 1. The van der Waals surface area contributed by atoms with Crippen molar-refractivity contribution in [3.05, 3.63) is 35.4 Å². The molecule has 5 heteroatoms. The van der Waals surface area contributed by atoms with Gasteiger partial charge in [0.25, 0.3) is 5.91 Å².